The maximum Gasteiger partial charge on any atom is -0.00853 e. The summed E-state index contributed by atoms with van der Waals surface area (Å²) in [5.41, 5.74) is 4.76. The molecule has 0 bridgehead atoms. The third-order valence-corrected chi connectivity index (χ3v) is 5.29. The van der Waals surface area contributed by atoms with Crippen LogP contribution in [0.1, 0.15) is 51.2 Å². The van der Waals surface area contributed by atoms with Gasteiger partial charge in [0.05, 0.1) is 0 Å². The molecule has 0 nitrogen and oxygen atoms in total. The predicted octanol–water partition coefficient (Wildman–Crippen LogP) is 5.33. The number of hydrogen-bond acceptors (Lipinski definition) is 0. The van der Waals surface area contributed by atoms with Crippen LogP contribution in [0.3, 0.4) is 0 Å². The molecule has 1 saturated carbocycles. The molecule has 0 heteroatoms. The lowest BCUT2D eigenvalue weighted by Gasteiger charge is -2.38. The smallest absolute Gasteiger partial charge is 0.00853 e. The third-order valence-electron chi connectivity index (χ3n) is 5.29. The van der Waals surface area contributed by atoms with E-state index in [0.29, 0.717) is 0 Å². The predicted molar refractivity (Wildman–Crippen MR) is 83.0 cm³/mol. The Kier molecular flexibility index (Phi) is 3.52. The number of hydrogen-bond donors (Lipinski definition) is 0. The van der Waals surface area contributed by atoms with Gasteiger partial charge >= 0.3 is 0 Å². The Morgan fingerprint density at radius 1 is 1.11 bits per heavy atom. The van der Waals surface area contributed by atoms with Crippen molar-refractivity contribution in [1.82, 2.24) is 0 Å². The molecule has 0 saturated heterocycles. The number of rotatable bonds is 2. The minimum absolute atomic E-state index is 0.799. The molecule has 102 valence electrons. The van der Waals surface area contributed by atoms with E-state index in [1.165, 1.54) is 19.3 Å². The highest BCUT2D eigenvalue weighted by Gasteiger charge is 2.34. The van der Waals surface area contributed by atoms with E-state index in [4.69, 9.17) is 0 Å². The second kappa shape index (κ2) is 5.15. The van der Waals surface area contributed by atoms with Gasteiger partial charge in [-0.15, -0.1) is 0 Å². The van der Waals surface area contributed by atoms with Crippen molar-refractivity contribution >= 4 is 5.57 Å². The van der Waals surface area contributed by atoms with Gasteiger partial charge in [0, 0.05) is 0 Å². The van der Waals surface area contributed by atoms with Gasteiger partial charge in [-0.1, -0.05) is 57.5 Å². The van der Waals surface area contributed by atoms with Crippen molar-refractivity contribution in [1.29, 1.82) is 0 Å². The van der Waals surface area contributed by atoms with Gasteiger partial charge in [-0.25, -0.2) is 0 Å². The van der Waals surface area contributed by atoms with Gasteiger partial charge in [-0.05, 0) is 59.6 Å². The highest BCUT2D eigenvalue weighted by molar-refractivity contribution is 5.74. The first-order valence-electron chi connectivity index (χ1n) is 7.95. The van der Waals surface area contributed by atoms with Gasteiger partial charge in [0.15, 0.2) is 0 Å². The zero-order valence-corrected chi connectivity index (χ0v) is 12.5. The molecule has 0 aromatic heterocycles. The van der Waals surface area contributed by atoms with Gasteiger partial charge in [-0.3, -0.25) is 0 Å². The maximum atomic E-state index is 2.52. The Balaban J connectivity index is 1.92. The summed E-state index contributed by atoms with van der Waals surface area (Å²) in [6, 6.07) is 9.02. The van der Waals surface area contributed by atoms with Gasteiger partial charge in [0.2, 0.25) is 0 Å². The topological polar surface area (TPSA) is 0 Å². The maximum absolute atomic E-state index is 2.52. The van der Waals surface area contributed by atoms with Crippen molar-refractivity contribution < 1.29 is 0 Å². The lowest BCUT2D eigenvalue weighted by atomic mass is 9.66. The van der Waals surface area contributed by atoms with E-state index in [1.54, 1.807) is 16.7 Å². The molecule has 3 unspecified atom stereocenters. The van der Waals surface area contributed by atoms with Crippen molar-refractivity contribution in [2.45, 2.75) is 46.5 Å². The van der Waals surface area contributed by atoms with Crippen molar-refractivity contribution in [3.63, 3.8) is 0 Å². The van der Waals surface area contributed by atoms with Crippen LogP contribution in [0.25, 0.3) is 5.57 Å². The third kappa shape index (κ3) is 2.38. The Labute approximate surface area is 117 Å². The van der Waals surface area contributed by atoms with Crippen LogP contribution in [0, 0.1) is 23.7 Å². The zero-order valence-electron chi connectivity index (χ0n) is 12.5. The van der Waals surface area contributed by atoms with Crippen LogP contribution in [-0.2, 0) is 6.42 Å². The molecule has 0 spiro atoms. The molecular weight excluding hydrogens is 228 g/mol. The number of allylic oxidation sites excluding steroid dienone is 2. The first-order chi connectivity index (χ1) is 9.16. The molecule has 1 aromatic rings. The summed E-state index contributed by atoms with van der Waals surface area (Å²) in [7, 11) is 0. The quantitative estimate of drug-likeness (QED) is 0.668. The SMILES string of the molecule is CC1CCC(C(C)C)C(C2=CCc3ccccc32)C1. The molecule has 1 fully saturated rings. The Morgan fingerprint density at radius 3 is 2.68 bits per heavy atom. The average Bonchev–Trinajstić information content (AvgIpc) is 2.82. The highest BCUT2D eigenvalue weighted by Crippen LogP contribution is 2.47. The second-order valence-electron chi connectivity index (χ2n) is 6.95. The molecule has 19 heavy (non-hydrogen) atoms. The van der Waals surface area contributed by atoms with E-state index >= 15 is 0 Å². The molecule has 0 heterocycles. The summed E-state index contributed by atoms with van der Waals surface area (Å²) in [5, 5.41) is 0. The highest BCUT2D eigenvalue weighted by atomic mass is 14.4. The van der Waals surface area contributed by atoms with Crippen LogP contribution in [0.4, 0.5) is 0 Å². The fourth-order valence-corrected chi connectivity index (χ4v) is 4.22. The van der Waals surface area contributed by atoms with E-state index < -0.39 is 0 Å². The monoisotopic (exact) mass is 254 g/mol. The molecule has 3 atom stereocenters. The first kappa shape index (κ1) is 13.0. The molecule has 0 amide bonds. The molecular formula is C19H26. The molecule has 0 radical (unpaired) electrons. The fraction of sp³-hybridized carbons (Fsp3) is 0.579. The summed E-state index contributed by atoms with van der Waals surface area (Å²) in [4.78, 5) is 0. The molecule has 2 aliphatic rings. The largest absolute Gasteiger partial charge is 0.0760 e. The van der Waals surface area contributed by atoms with Crippen molar-refractivity contribution in [3.05, 3.63) is 41.5 Å². The van der Waals surface area contributed by atoms with Crippen LogP contribution in [-0.4, -0.2) is 0 Å². The number of benzene rings is 1. The van der Waals surface area contributed by atoms with Crippen molar-refractivity contribution in [2.75, 3.05) is 0 Å². The summed E-state index contributed by atoms with van der Waals surface area (Å²) in [5.74, 6) is 3.39. The molecule has 0 aliphatic heterocycles. The van der Waals surface area contributed by atoms with Gasteiger partial charge < -0.3 is 0 Å². The standard InChI is InChI=1S/C19H26/c1-13(2)16-10-8-14(3)12-19(16)18-11-9-15-6-4-5-7-17(15)18/h4-7,11,13-14,16,19H,8-10,12H2,1-3H3. The first-order valence-corrected chi connectivity index (χ1v) is 7.95. The molecule has 0 N–H and O–H groups in total. The molecule has 3 rings (SSSR count). The minimum Gasteiger partial charge on any atom is -0.0760 e. The van der Waals surface area contributed by atoms with Crippen LogP contribution in [0.5, 0.6) is 0 Å². The van der Waals surface area contributed by atoms with E-state index in [2.05, 4.69) is 51.1 Å². The average molecular weight is 254 g/mol. The van der Waals surface area contributed by atoms with E-state index in [-0.39, 0.29) is 0 Å². The van der Waals surface area contributed by atoms with Gasteiger partial charge in [0.25, 0.3) is 0 Å². The minimum atomic E-state index is 0.799. The van der Waals surface area contributed by atoms with E-state index in [1.807, 2.05) is 0 Å². The number of fused-ring (bicyclic) bond motifs is 1. The molecule has 1 aromatic carbocycles. The normalized spacial score (nSPS) is 30.3. The Morgan fingerprint density at radius 2 is 1.89 bits per heavy atom. The second-order valence-corrected chi connectivity index (χ2v) is 6.95. The lowest BCUT2D eigenvalue weighted by Crippen LogP contribution is -2.28. The van der Waals surface area contributed by atoms with E-state index in [0.717, 1.165) is 30.1 Å². The summed E-state index contributed by atoms with van der Waals surface area (Å²) >= 11 is 0. The van der Waals surface area contributed by atoms with Crippen molar-refractivity contribution in [2.24, 2.45) is 23.7 Å². The zero-order chi connectivity index (χ0) is 13.4. The Bertz CT molecular complexity index is 481. The summed E-state index contributed by atoms with van der Waals surface area (Å²) in [6.45, 7) is 7.26. The van der Waals surface area contributed by atoms with E-state index in [9.17, 15) is 0 Å². The van der Waals surface area contributed by atoms with Crippen LogP contribution < -0.4 is 0 Å². The summed E-state index contributed by atoms with van der Waals surface area (Å²) < 4.78 is 0. The molecule has 2 aliphatic carbocycles. The summed E-state index contributed by atoms with van der Waals surface area (Å²) in [6.07, 6.45) is 7.91. The van der Waals surface area contributed by atoms with Gasteiger partial charge in [-0.2, -0.15) is 0 Å². The van der Waals surface area contributed by atoms with Gasteiger partial charge in [0.1, 0.15) is 0 Å². The van der Waals surface area contributed by atoms with Crippen LogP contribution in [0.2, 0.25) is 0 Å². The lowest BCUT2D eigenvalue weighted by molar-refractivity contribution is 0.185. The van der Waals surface area contributed by atoms with Crippen LogP contribution >= 0.6 is 0 Å². The fourth-order valence-electron chi connectivity index (χ4n) is 4.22. The Hall–Kier alpha value is -1.04. The van der Waals surface area contributed by atoms with Crippen molar-refractivity contribution in [3.8, 4) is 0 Å². The van der Waals surface area contributed by atoms with Crippen LogP contribution in [0.15, 0.2) is 30.3 Å².